The van der Waals surface area contributed by atoms with Crippen molar-refractivity contribution in [2.45, 2.75) is 52.4 Å². The Morgan fingerprint density at radius 1 is 1.16 bits per heavy atom. The summed E-state index contributed by atoms with van der Waals surface area (Å²) in [6.07, 6.45) is 12.1. The van der Waals surface area contributed by atoms with Crippen molar-refractivity contribution < 1.29 is 4.39 Å². The topological polar surface area (TPSA) is 0 Å². The molecule has 0 aromatic heterocycles. The molecular weight excluding hydrogens is 235 g/mol. The molecule has 0 spiro atoms. The Balaban J connectivity index is 1.75. The van der Waals surface area contributed by atoms with Crippen LogP contribution in [-0.2, 0) is 6.42 Å². The molecule has 1 fully saturated rings. The predicted octanol–water partition coefficient (Wildman–Crippen LogP) is 5.45. The summed E-state index contributed by atoms with van der Waals surface area (Å²) in [7, 11) is 0. The standard InChI is InChI=1S/C18H25F/c1-14-7-10-16(11-8-14)5-3-4-6-17-12-9-15(2)18(19)13-17/h3-4,9,12-14,16H,5-8,10-11H2,1-2H3/b4-3-. The number of rotatable bonds is 4. The summed E-state index contributed by atoms with van der Waals surface area (Å²) < 4.78 is 13.4. The van der Waals surface area contributed by atoms with Gasteiger partial charge >= 0.3 is 0 Å². The Morgan fingerprint density at radius 2 is 1.89 bits per heavy atom. The lowest BCUT2D eigenvalue weighted by Crippen LogP contribution is -2.11. The first kappa shape index (κ1) is 14.3. The van der Waals surface area contributed by atoms with Crippen LogP contribution in [0, 0.1) is 24.6 Å². The maximum absolute atomic E-state index is 13.4. The van der Waals surface area contributed by atoms with Gasteiger partial charge in [0.05, 0.1) is 0 Å². The van der Waals surface area contributed by atoms with Gasteiger partial charge in [-0.1, -0.05) is 44.1 Å². The highest BCUT2D eigenvalue weighted by molar-refractivity contribution is 5.24. The third-order valence-corrected chi connectivity index (χ3v) is 4.36. The number of aryl methyl sites for hydroxylation is 1. The van der Waals surface area contributed by atoms with Crippen molar-refractivity contribution in [1.29, 1.82) is 0 Å². The summed E-state index contributed by atoms with van der Waals surface area (Å²) in [6.45, 7) is 4.16. The lowest BCUT2D eigenvalue weighted by atomic mass is 9.81. The van der Waals surface area contributed by atoms with Crippen LogP contribution in [0.2, 0.25) is 0 Å². The second-order valence-electron chi connectivity index (χ2n) is 6.12. The fraction of sp³-hybridized carbons (Fsp3) is 0.556. The first-order chi connectivity index (χ1) is 9.15. The number of halogens is 1. The molecule has 1 aliphatic rings. The quantitative estimate of drug-likeness (QED) is 0.631. The highest BCUT2D eigenvalue weighted by atomic mass is 19.1. The fourth-order valence-corrected chi connectivity index (χ4v) is 2.84. The zero-order valence-corrected chi connectivity index (χ0v) is 12.2. The minimum Gasteiger partial charge on any atom is -0.207 e. The molecule has 0 aliphatic heterocycles. The Kier molecular flexibility index (Phi) is 5.18. The van der Waals surface area contributed by atoms with Crippen LogP contribution in [0.3, 0.4) is 0 Å². The van der Waals surface area contributed by atoms with Crippen LogP contribution in [0.1, 0.15) is 50.2 Å². The van der Waals surface area contributed by atoms with Crippen LogP contribution in [0.15, 0.2) is 30.4 Å². The molecule has 1 aliphatic carbocycles. The molecule has 0 radical (unpaired) electrons. The van der Waals surface area contributed by atoms with E-state index in [4.69, 9.17) is 0 Å². The lowest BCUT2D eigenvalue weighted by molar-refractivity contribution is 0.292. The molecule has 2 rings (SSSR count). The van der Waals surface area contributed by atoms with Crippen molar-refractivity contribution in [2.75, 3.05) is 0 Å². The van der Waals surface area contributed by atoms with Crippen LogP contribution in [-0.4, -0.2) is 0 Å². The van der Waals surface area contributed by atoms with Crippen LogP contribution in [0.25, 0.3) is 0 Å². The maximum Gasteiger partial charge on any atom is 0.126 e. The van der Waals surface area contributed by atoms with Crippen LogP contribution in [0.4, 0.5) is 4.39 Å². The van der Waals surface area contributed by atoms with Crippen LogP contribution >= 0.6 is 0 Å². The average molecular weight is 260 g/mol. The fourth-order valence-electron chi connectivity index (χ4n) is 2.84. The van der Waals surface area contributed by atoms with Gasteiger partial charge < -0.3 is 0 Å². The van der Waals surface area contributed by atoms with E-state index in [1.165, 1.54) is 32.1 Å². The van der Waals surface area contributed by atoms with Gasteiger partial charge in [-0.05, 0) is 61.6 Å². The van der Waals surface area contributed by atoms with E-state index in [0.29, 0.717) is 0 Å². The van der Waals surface area contributed by atoms with E-state index >= 15 is 0 Å². The first-order valence-electron chi connectivity index (χ1n) is 7.55. The third kappa shape index (κ3) is 4.49. The van der Waals surface area contributed by atoms with E-state index in [9.17, 15) is 4.39 Å². The number of benzene rings is 1. The van der Waals surface area contributed by atoms with E-state index in [2.05, 4.69) is 19.1 Å². The van der Waals surface area contributed by atoms with Gasteiger partial charge in [0.1, 0.15) is 5.82 Å². The second kappa shape index (κ2) is 6.88. The van der Waals surface area contributed by atoms with Crippen molar-refractivity contribution in [3.63, 3.8) is 0 Å². The number of allylic oxidation sites excluding steroid dienone is 2. The van der Waals surface area contributed by atoms with E-state index in [0.717, 1.165) is 29.4 Å². The normalized spacial score (nSPS) is 23.9. The lowest BCUT2D eigenvalue weighted by Gasteiger charge is -2.25. The first-order valence-corrected chi connectivity index (χ1v) is 7.55. The molecule has 19 heavy (non-hydrogen) atoms. The molecule has 0 amide bonds. The van der Waals surface area contributed by atoms with Gasteiger partial charge in [-0.15, -0.1) is 0 Å². The zero-order valence-electron chi connectivity index (χ0n) is 12.2. The zero-order chi connectivity index (χ0) is 13.7. The van der Waals surface area contributed by atoms with E-state index in [1.54, 1.807) is 13.0 Å². The predicted molar refractivity (Wildman–Crippen MR) is 79.7 cm³/mol. The molecule has 1 heteroatoms. The number of hydrogen-bond acceptors (Lipinski definition) is 0. The summed E-state index contributed by atoms with van der Waals surface area (Å²) >= 11 is 0. The monoisotopic (exact) mass is 260 g/mol. The van der Waals surface area contributed by atoms with E-state index in [1.807, 2.05) is 12.1 Å². The van der Waals surface area contributed by atoms with Crippen molar-refractivity contribution >= 4 is 0 Å². The van der Waals surface area contributed by atoms with Gasteiger partial charge in [-0.2, -0.15) is 0 Å². The van der Waals surface area contributed by atoms with Crippen LogP contribution in [0.5, 0.6) is 0 Å². The molecule has 0 bridgehead atoms. The minimum atomic E-state index is -0.0906. The maximum atomic E-state index is 13.4. The van der Waals surface area contributed by atoms with Gasteiger partial charge in [0, 0.05) is 0 Å². The molecule has 0 unspecified atom stereocenters. The molecule has 104 valence electrons. The van der Waals surface area contributed by atoms with E-state index < -0.39 is 0 Å². The van der Waals surface area contributed by atoms with Gasteiger partial charge in [0.15, 0.2) is 0 Å². The Hall–Kier alpha value is -1.11. The molecule has 0 saturated heterocycles. The number of hydrogen-bond donors (Lipinski definition) is 0. The van der Waals surface area contributed by atoms with Gasteiger partial charge in [-0.25, -0.2) is 4.39 Å². The Bertz CT molecular complexity index is 425. The molecular formula is C18H25F. The molecule has 0 nitrogen and oxygen atoms in total. The average Bonchev–Trinajstić information content (AvgIpc) is 2.41. The van der Waals surface area contributed by atoms with Gasteiger partial charge in [0.2, 0.25) is 0 Å². The van der Waals surface area contributed by atoms with Crippen molar-refractivity contribution in [3.8, 4) is 0 Å². The molecule has 0 N–H and O–H groups in total. The van der Waals surface area contributed by atoms with Gasteiger partial charge in [0.25, 0.3) is 0 Å². The molecule has 0 atom stereocenters. The largest absolute Gasteiger partial charge is 0.207 e. The van der Waals surface area contributed by atoms with Gasteiger partial charge in [-0.3, -0.25) is 0 Å². The Labute approximate surface area is 116 Å². The minimum absolute atomic E-state index is 0.0906. The summed E-state index contributed by atoms with van der Waals surface area (Å²) in [6, 6.07) is 5.54. The second-order valence-corrected chi connectivity index (χ2v) is 6.12. The molecule has 1 aromatic rings. The summed E-state index contributed by atoms with van der Waals surface area (Å²) in [5, 5.41) is 0. The summed E-state index contributed by atoms with van der Waals surface area (Å²) in [5.74, 6) is 1.71. The SMILES string of the molecule is Cc1ccc(C/C=C\CC2CCC(C)CC2)cc1F. The third-order valence-electron chi connectivity index (χ3n) is 4.36. The smallest absolute Gasteiger partial charge is 0.126 e. The van der Waals surface area contributed by atoms with Crippen LogP contribution < -0.4 is 0 Å². The van der Waals surface area contributed by atoms with Crippen molar-refractivity contribution in [1.82, 2.24) is 0 Å². The van der Waals surface area contributed by atoms with Crippen molar-refractivity contribution in [2.24, 2.45) is 11.8 Å². The van der Waals surface area contributed by atoms with Crippen molar-refractivity contribution in [3.05, 3.63) is 47.3 Å². The highest BCUT2D eigenvalue weighted by Crippen LogP contribution is 2.30. The summed E-state index contributed by atoms with van der Waals surface area (Å²) in [4.78, 5) is 0. The Morgan fingerprint density at radius 3 is 2.58 bits per heavy atom. The summed E-state index contributed by atoms with van der Waals surface area (Å²) in [5.41, 5.74) is 1.79. The molecule has 1 saturated carbocycles. The highest BCUT2D eigenvalue weighted by Gasteiger charge is 2.16. The molecule has 1 aromatic carbocycles. The molecule has 0 heterocycles. The van der Waals surface area contributed by atoms with E-state index in [-0.39, 0.29) is 5.82 Å².